The molecular weight excluding hydrogens is 334 g/mol. The number of nitrogens with zero attached hydrogens (tertiary/aromatic N) is 1. The highest BCUT2D eigenvalue weighted by Crippen LogP contribution is 2.23. The molecule has 6 nitrogen and oxygen atoms in total. The Bertz CT molecular complexity index is 794. The quantitative estimate of drug-likeness (QED) is 0.801. The van der Waals surface area contributed by atoms with Crippen molar-refractivity contribution in [1.82, 2.24) is 4.90 Å². The van der Waals surface area contributed by atoms with Crippen LogP contribution < -0.4 is 0 Å². The third-order valence-corrected chi connectivity index (χ3v) is 4.26. The molecule has 1 amide bonds. The van der Waals surface area contributed by atoms with Gasteiger partial charge < -0.3 is 19.2 Å². The van der Waals surface area contributed by atoms with Gasteiger partial charge in [-0.25, -0.2) is 4.79 Å². The van der Waals surface area contributed by atoms with Crippen molar-refractivity contribution in [2.75, 3.05) is 6.61 Å². The fraction of sp³-hybridized carbons (Fsp3) is 0.300. The Labute approximate surface area is 151 Å². The molecule has 2 aromatic rings. The van der Waals surface area contributed by atoms with Gasteiger partial charge in [0.2, 0.25) is 0 Å². The molecule has 0 atom stereocenters. The summed E-state index contributed by atoms with van der Waals surface area (Å²) in [4.78, 5) is 26.4. The van der Waals surface area contributed by atoms with Crippen LogP contribution in [0.4, 0.5) is 0 Å². The van der Waals surface area contributed by atoms with Crippen LogP contribution in [0.25, 0.3) is 0 Å². The van der Waals surface area contributed by atoms with E-state index in [-0.39, 0.29) is 17.2 Å². The molecule has 6 heteroatoms. The van der Waals surface area contributed by atoms with Gasteiger partial charge in [0.05, 0.1) is 12.8 Å². The van der Waals surface area contributed by atoms with Crippen LogP contribution in [0.3, 0.4) is 0 Å². The van der Waals surface area contributed by atoms with Gasteiger partial charge in [-0.05, 0) is 49.9 Å². The van der Waals surface area contributed by atoms with Crippen LogP contribution >= 0.6 is 0 Å². The van der Waals surface area contributed by atoms with Gasteiger partial charge in [0.15, 0.2) is 6.61 Å². The Morgan fingerprint density at radius 3 is 2.69 bits per heavy atom. The number of rotatable bonds is 6. The predicted octanol–water partition coefficient (Wildman–Crippen LogP) is 3.63. The maximum absolute atomic E-state index is 12.7. The standard InChI is InChI=1S/C20H21NO5/c22-18-11-5-4-10-17(18)20(24)26-14-19(23)21(13-16-9-6-12-25-16)15-7-2-1-3-8-15/h4-7,9-12,22H,1-3,8,13-14H2. The average molecular weight is 355 g/mol. The number of phenols is 1. The molecule has 0 fully saturated rings. The van der Waals surface area contributed by atoms with Gasteiger partial charge in [-0.1, -0.05) is 18.2 Å². The van der Waals surface area contributed by atoms with Crippen molar-refractivity contribution in [3.8, 4) is 5.75 Å². The van der Waals surface area contributed by atoms with E-state index in [1.165, 1.54) is 12.1 Å². The Balaban J connectivity index is 1.68. The molecule has 0 unspecified atom stereocenters. The second-order valence-electron chi connectivity index (χ2n) is 6.09. The Morgan fingerprint density at radius 2 is 2.00 bits per heavy atom. The Hall–Kier alpha value is -3.02. The van der Waals surface area contributed by atoms with Gasteiger partial charge in [0.25, 0.3) is 5.91 Å². The van der Waals surface area contributed by atoms with Gasteiger partial charge in [0.1, 0.15) is 17.1 Å². The van der Waals surface area contributed by atoms with Gasteiger partial charge in [-0.15, -0.1) is 0 Å². The number of phenolic OH excluding ortho intramolecular Hbond substituents is 1. The third-order valence-electron chi connectivity index (χ3n) is 4.26. The largest absolute Gasteiger partial charge is 0.507 e. The van der Waals surface area contributed by atoms with Crippen molar-refractivity contribution in [2.45, 2.75) is 32.2 Å². The highest BCUT2D eigenvalue weighted by atomic mass is 16.5. The first-order chi connectivity index (χ1) is 12.6. The molecule has 0 radical (unpaired) electrons. The van der Waals surface area contributed by atoms with E-state index >= 15 is 0 Å². The number of ether oxygens (including phenoxy) is 1. The molecule has 1 heterocycles. The number of carbonyl (C=O) groups is 2. The number of esters is 1. The molecule has 0 saturated carbocycles. The molecule has 3 rings (SSSR count). The third kappa shape index (κ3) is 4.33. The first kappa shape index (κ1) is 17.8. The summed E-state index contributed by atoms with van der Waals surface area (Å²) in [6, 6.07) is 9.65. The number of amides is 1. The summed E-state index contributed by atoms with van der Waals surface area (Å²) in [5, 5.41) is 9.71. The molecule has 0 aliphatic heterocycles. The lowest BCUT2D eigenvalue weighted by atomic mass is 10.0. The summed E-state index contributed by atoms with van der Waals surface area (Å²) in [5.74, 6) is -0.561. The molecule has 1 N–H and O–H groups in total. The monoisotopic (exact) mass is 355 g/mol. The summed E-state index contributed by atoms with van der Waals surface area (Å²) < 4.78 is 10.5. The normalized spacial score (nSPS) is 13.8. The zero-order valence-electron chi connectivity index (χ0n) is 14.4. The van der Waals surface area contributed by atoms with E-state index in [9.17, 15) is 14.7 Å². The van der Waals surface area contributed by atoms with Gasteiger partial charge in [-0.2, -0.15) is 0 Å². The Morgan fingerprint density at radius 1 is 1.15 bits per heavy atom. The SMILES string of the molecule is O=C(OCC(=O)N(Cc1ccco1)C1=CCCCC1)c1ccccc1O. The second-order valence-corrected chi connectivity index (χ2v) is 6.09. The number of para-hydroxylation sites is 1. The number of benzene rings is 1. The average Bonchev–Trinajstić information content (AvgIpc) is 3.18. The van der Waals surface area contributed by atoms with E-state index in [2.05, 4.69) is 6.08 Å². The van der Waals surface area contributed by atoms with Crippen LogP contribution in [-0.2, 0) is 16.1 Å². The van der Waals surface area contributed by atoms with E-state index in [0.29, 0.717) is 12.3 Å². The first-order valence-corrected chi connectivity index (χ1v) is 8.62. The van der Waals surface area contributed by atoms with Gasteiger partial charge >= 0.3 is 5.97 Å². The molecule has 0 saturated heterocycles. The van der Waals surface area contributed by atoms with E-state index in [0.717, 1.165) is 31.4 Å². The lowest BCUT2D eigenvalue weighted by Crippen LogP contribution is -2.34. The fourth-order valence-electron chi connectivity index (χ4n) is 2.90. The number of aromatic hydroxyl groups is 1. The second kappa shape index (κ2) is 8.38. The van der Waals surface area contributed by atoms with Crippen molar-refractivity contribution >= 4 is 11.9 Å². The van der Waals surface area contributed by atoms with Gasteiger partial charge in [-0.3, -0.25) is 4.79 Å². The molecular formula is C20H21NO5. The summed E-state index contributed by atoms with van der Waals surface area (Å²) in [5.41, 5.74) is 0.964. The lowest BCUT2D eigenvalue weighted by Gasteiger charge is -2.27. The predicted molar refractivity (Wildman–Crippen MR) is 94.2 cm³/mol. The van der Waals surface area contributed by atoms with Crippen molar-refractivity contribution in [2.24, 2.45) is 0 Å². The van der Waals surface area contributed by atoms with Crippen LogP contribution in [0.1, 0.15) is 41.8 Å². The van der Waals surface area contributed by atoms with E-state index < -0.39 is 12.6 Å². The minimum Gasteiger partial charge on any atom is -0.507 e. The molecule has 0 spiro atoms. The highest BCUT2D eigenvalue weighted by molar-refractivity contribution is 5.93. The minimum atomic E-state index is -0.730. The zero-order valence-corrected chi connectivity index (χ0v) is 14.4. The van der Waals surface area contributed by atoms with E-state index in [1.54, 1.807) is 35.4 Å². The summed E-state index contributed by atoms with van der Waals surface area (Å²) in [6.45, 7) is -0.100. The van der Waals surface area contributed by atoms with Crippen LogP contribution in [0.5, 0.6) is 5.75 Å². The molecule has 136 valence electrons. The van der Waals surface area contributed by atoms with Crippen LogP contribution in [-0.4, -0.2) is 28.5 Å². The number of carbonyl (C=O) groups excluding carboxylic acids is 2. The number of allylic oxidation sites excluding steroid dienone is 2. The van der Waals surface area contributed by atoms with E-state index in [4.69, 9.17) is 9.15 Å². The summed E-state index contributed by atoms with van der Waals surface area (Å²) in [7, 11) is 0. The molecule has 1 aliphatic rings. The summed E-state index contributed by atoms with van der Waals surface area (Å²) in [6.07, 6.45) is 7.47. The number of hydrogen-bond donors (Lipinski definition) is 1. The van der Waals surface area contributed by atoms with Crippen molar-refractivity contribution < 1.29 is 23.8 Å². The van der Waals surface area contributed by atoms with Crippen molar-refractivity contribution in [1.29, 1.82) is 0 Å². The number of hydrogen-bond acceptors (Lipinski definition) is 5. The topological polar surface area (TPSA) is 80.0 Å². The lowest BCUT2D eigenvalue weighted by molar-refractivity contribution is -0.133. The molecule has 0 bridgehead atoms. The van der Waals surface area contributed by atoms with Gasteiger partial charge in [0, 0.05) is 5.70 Å². The first-order valence-electron chi connectivity index (χ1n) is 8.62. The maximum atomic E-state index is 12.7. The molecule has 1 aromatic heterocycles. The van der Waals surface area contributed by atoms with Crippen molar-refractivity contribution in [3.05, 3.63) is 65.8 Å². The summed E-state index contributed by atoms with van der Waals surface area (Å²) >= 11 is 0. The maximum Gasteiger partial charge on any atom is 0.342 e. The van der Waals surface area contributed by atoms with Crippen LogP contribution in [0.2, 0.25) is 0 Å². The Kier molecular flexibility index (Phi) is 5.73. The van der Waals surface area contributed by atoms with Crippen LogP contribution in [0, 0.1) is 0 Å². The minimum absolute atomic E-state index is 0.0368. The molecule has 1 aliphatic carbocycles. The van der Waals surface area contributed by atoms with Crippen LogP contribution in [0.15, 0.2) is 58.9 Å². The fourth-order valence-corrected chi connectivity index (χ4v) is 2.90. The molecule has 1 aromatic carbocycles. The molecule has 26 heavy (non-hydrogen) atoms. The smallest absolute Gasteiger partial charge is 0.342 e. The number of furan rings is 1. The van der Waals surface area contributed by atoms with E-state index in [1.807, 2.05) is 0 Å². The highest BCUT2D eigenvalue weighted by Gasteiger charge is 2.23. The van der Waals surface area contributed by atoms with Crippen molar-refractivity contribution in [3.63, 3.8) is 0 Å². The zero-order chi connectivity index (χ0) is 18.4.